The number of aryl methyl sites for hydroxylation is 1. The van der Waals surface area contributed by atoms with Gasteiger partial charge in [-0.1, -0.05) is 24.9 Å². The molecule has 1 rings (SSSR count). The number of aromatic nitrogens is 2. The summed E-state index contributed by atoms with van der Waals surface area (Å²) in [6.07, 6.45) is 1.43. The maximum absolute atomic E-state index is 10.5. The molecule has 96 valence electrons. The van der Waals surface area contributed by atoms with Gasteiger partial charge in [-0.15, -0.1) is 0 Å². The highest BCUT2D eigenvalue weighted by Crippen LogP contribution is 2.17. The predicted octanol–water partition coefficient (Wildman–Crippen LogP) is 0.944. The lowest BCUT2D eigenvalue weighted by Crippen LogP contribution is -2.19. The standard InChI is InChI=1S/C11H19N3O2S/c1-3-9-4-5-11(14-13-9)10(12)6-8(2)7-17(15)16/h4-5,8,10H,3,6-7,12H2,1-2H3,(H,15,16)/p-1. The number of nitrogens with zero attached hydrogens (tertiary/aromatic N) is 2. The maximum Gasteiger partial charge on any atom is 0.0798 e. The Labute approximate surface area is 104 Å². The Morgan fingerprint density at radius 3 is 2.65 bits per heavy atom. The fourth-order valence-electron chi connectivity index (χ4n) is 1.61. The molecule has 5 nitrogen and oxygen atoms in total. The number of rotatable bonds is 6. The van der Waals surface area contributed by atoms with Gasteiger partial charge in [-0.2, -0.15) is 10.2 Å². The van der Waals surface area contributed by atoms with Gasteiger partial charge < -0.3 is 10.3 Å². The van der Waals surface area contributed by atoms with E-state index < -0.39 is 11.1 Å². The molecular formula is C11H18N3O2S-. The van der Waals surface area contributed by atoms with Crippen molar-refractivity contribution in [2.24, 2.45) is 11.7 Å². The molecule has 0 aliphatic heterocycles. The Balaban J connectivity index is 2.56. The summed E-state index contributed by atoms with van der Waals surface area (Å²) in [7, 11) is 0. The van der Waals surface area contributed by atoms with Gasteiger partial charge in [0.05, 0.1) is 11.4 Å². The molecule has 17 heavy (non-hydrogen) atoms. The van der Waals surface area contributed by atoms with Gasteiger partial charge in [0.2, 0.25) is 0 Å². The van der Waals surface area contributed by atoms with Crippen LogP contribution >= 0.6 is 0 Å². The summed E-state index contributed by atoms with van der Waals surface area (Å²) in [5.74, 6) is 0.157. The summed E-state index contributed by atoms with van der Waals surface area (Å²) in [6, 6.07) is 3.50. The number of hydrogen-bond donors (Lipinski definition) is 1. The Bertz CT molecular complexity index is 369. The summed E-state index contributed by atoms with van der Waals surface area (Å²) in [5.41, 5.74) is 7.60. The Morgan fingerprint density at radius 2 is 2.18 bits per heavy atom. The molecule has 0 aliphatic rings. The minimum absolute atomic E-state index is 0.0241. The molecule has 0 fully saturated rings. The molecule has 0 saturated heterocycles. The van der Waals surface area contributed by atoms with Gasteiger partial charge in [0.15, 0.2) is 0 Å². The van der Waals surface area contributed by atoms with Crippen molar-refractivity contribution in [2.45, 2.75) is 32.7 Å². The van der Waals surface area contributed by atoms with Crippen molar-refractivity contribution >= 4 is 11.1 Å². The first-order chi connectivity index (χ1) is 8.02. The molecule has 1 heterocycles. The van der Waals surface area contributed by atoms with Gasteiger partial charge >= 0.3 is 0 Å². The van der Waals surface area contributed by atoms with E-state index in [-0.39, 0.29) is 17.7 Å². The molecule has 0 saturated carbocycles. The van der Waals surface area contributed by atoms with Crippen molar-refractivity contribution < 1.29 is 8.76 Å². The van der Waals surface area contributed by atoms with Crippen LogP contribution in [0.5, 0.6) is 0 Å². The summed E-state index contributed by atoms with van der Waals surface area (Å²) < 4.78 is 21.1. The van der Waals surface area contributed by atoms with E-state index in [1.165, 1.54) is 0 Å². The third-order valence-electron chi connectivity index (χ3n) is 2.56. The second-order valence-corrected chi connectivity index (χ2v) is 5.16. The van der Waals surface area contributed by atoms with E-state index in [1.807, 2.05) is 26.0 Å². The topological polar surface area (TPSA) is 91.9 Å². The van der Waals surface area contributed by atoms with E-state index in [9.17, 15) is 8.76 Å². The van der Waals surface area contributed by atoms with E-state index in [1.54, 1.807) is 0 Å². The van der Waals surface area contributed by atoms with Gasteiger partial charge in [-0.05, 0) is 30.9 Å². The summed E-state index contributed by atoms with van der Waals surface area (Å²) >= 11 is -2.02. The van der Waals surface area contributed by atoms with Crippen LogP contribution in [0.3, 0.4) is 0 Å². The van der Waals surface area contributed by atoms with E-state index in [0.29, 0.717) is 12.1 Å². The van der Waals surface area contributed by atoms with E-state index in [4.69, 9.17) is 5.73 Å². The predicted molar refractivity (Wildman–Crippen MR) is 65.9 cm³/mol. The Morgan fingerprint density at radius 1 is 1.47 bits per heavy atom. The highest BCUT2D eigenvalue weighted by Gasteiger charge is 2.13. The normalized spacial score (nSPS) is 16.5. The van der Waals surface area contributed by atoms with Crippen LogP contribution in [0.2, 0.25) is 0 Å². The lowest BCUT2D eigenvalue weighted by molar-refractivity contribution is 0.477. The molecule has 1 aromatic rings. The zero-order valence-electron chi connectivity index (χ0n) is 10.1. The number of nitrogens with two attached hydrogens (primary N) is 1. The zero-order chi connectivity index (χ0) is 12.8. The van der Waals surface area contributed by atoms with Crippen LogP contribution in [0, 0.1) is 5.92 Å². The molecule has 0 amide bonds. The van der Waals surface area contributed by atoms with Gasteiger partial charge in [0.25, 0.3) is 0 Å². The average molecular weight is 256 g/mol. The molecule has 3 atom stereocenters. The second-order valence-electron chi connectivity index (χ2n) is 4.22. The highest BCUT2D eigenvalue weighted by molar-refractivity contribution is 7.79. The van der Waals surface area contributed by atoms with Crippen molar-refractivity contribution in [3.8, 4) is 0 Å². The molecule has 0 bridgehead atoms. The van der Waals surface area contributed by atoms with Crippen LogP contribution in [0.15, 0.2) is 12.1 Å². The maximum atomic E-state index is 10.5. The van der Waals surface area contributed by atoms with Crippen molar-refractivity contribution in [1.29, 1.82) is 0 Å². The SMILES string of the molecule is CCc1ccc(C(N)CC(C)CS(=O)[O-])nn1. The smallest absolute Gasteiger partial charge is 0.0798 e. The lowest BCUT2D eigenvalue weighted by Gasteiger charge is -2.17. The summed E-state index contributed by atoms with van der Waals surface area (Å²) in [5, 5.41) is 8.09. The molecule has 0 aliphatic carbocycles. The molecule has 2 N–H and O–H groups in total. The molecular weight excluding hydrogens is 238 g/mol. The first kappa shape index (κ1) is 14.2. The van der Waals surface area contributed by atoms with Crippen LogP contribution in [-0.4, -0.2) is 24.7 Å². The second kappa shape index (κ2) is 6.78. The van der Waals surface area contributed by atoms with Crippen LogP contribution in [0.25, 0.3) is 0 Å². The van der Waals surface area contributed by atoms with Crippen molar-refractivity contribution in [2.75, 3.05) is 5.75 Å². The molecule has 0 spiro atoms. The largest absolute Gasteiger partial charge is 0.772 e. The van der Waals surface area contributed by atoms with Crippen LogP contribution in [0.1, 0.15) is 37.7 Å². The Kier molecular flexibility index (Phi) is 5.67. The van der Waals surface area contributed by atoms with Gasteiger partial charge in [0.1, 0.15) is 0 Å². The Hall–Kier alpha value is -0.850. The number of hydrogen-bond acceptors (Lipinski definition) is 5. The fraction of sp³-hybridized carbons (Fsp3) is 0.636. The summed E-state index contributed by atoms with van der Waals surface area (Å²) in [4.78, 5) is 0. The van der Waals surface area contributed by atoms with E-state index in [0.717, 1.165) is 12.1 Å². The van der Waals surface area contributed by atoms with Crippen LogP contribution in [-0.2, 0) is 17.5 Å². The van der Waals surface area contributed by atoms with Crippen molar-refractivity contribution in [1.82, 2.24) is 10.2 Å². The fourth-order valence-corrected chi connectivity index (χ4v) is 2.21. The third-order valence-corrected chi connectivity index (χ3v) is 3.40. The molecule has 0 radical (unpaired) electrons. The van der Waals surface area contributed by atoms with Crippen LogP contribution < -0.4 is 5.73 Å². The van der Waals surface area contributed by atoms with E-state index in [2.05, 4.69) is 10.2 Å². The molecule has 0 aromatic carbocycles. The third kappa shape index (κ3) is 4.89. The molecule has 6 heteroatoms. The van der Waals surface area contributed by atoms with Crippen molar-refractivity contribution in [3.63, 3.8) is 0 Å². The lowest BCUT2D eigenvalue weighted by atomic mass is 10.0. The quantitative estimate of drug-likeness (QED) is 0.765. The van der Waals surface area contributed by atoms with Gasteiger partial charge in [-0.25, -0.2) is 0 Å². The van der Waals surface area contributed by atoms with Crippen molar-refractivity contribution in [3.05, 3.63) is 23.5 Å². The minimum Gasteiger partial charge on any atom is -0.772 e. The minimum atomic E-state index is -2.02. The van der Waals surface area contributed by atoms with Gasteiger partial charge in [0, 0.05) is 11.8 Å². The monoisotopic (exact) mass is 256 g/mol. The first-order valence-electron chi connectivity index (χ1n) is 5.66. The average Bonchev–Trinajstić information content (AvgIpc) is 2.28. The van der Waals surface area contributed by atoms with E-state index >= 15 is 0 Å². The summed E-state index contributed by atoms with van der Waals surface area (Å²) in [6.45, 7) is 3.87. The first-order valence-corrected chi connectivity index (χ1v) is 6.91. The highest BCUT2D eigenvalue weighted by atomic mass is 32.2. The molecule has 1 aromatic heterocycles. The zero-order valence-corrected chi connectivity index (χ0v) is 10.9. The molecule has 3 unspecified atom stereocenters. The van der Waals surface area contributed by atoms with Gasteiger partial charge in [-0.3, -0.25) is 4.21 Å². The van der Waals surface area contributed by atoms with Crippen LogP contribution in [0.4, 0.5) is 0 Å².